The van der Waals surface area contributed by atoms with Crippen LogP contribution in [-0.4, -0.2) is 11.0 Å². The summed E-state index contributed by atoms with van der Waals surface area (Å²) in [7, 11) is 0. The average molecular weight is 149 g/mol. The first-order valence-electron chi connectivity index (χ1n) is 3.34. The highest BCUT2D eigenvalue weighted by molar-refractivity contribution is 5.91. The van der Waals surface area contributed by atoms with Crippen LogP contribution in [0.4, 0.5) is 10.5 Å². The van der Waals surface area contributed by atoms with E-state index in [1.165, 1.54) is 0 Å². The molecule has 2 rings (SSSR count). The number of rotatable bonds is 0. The van der Waals surface area contributed by atoms with E-state index in [0.717, 1.165) is 11.3 Å². The molecule has 1 aromatic heterocycles. The van der Waals surface area contributed by atoms with E-state index in [4.69, 9.17) is 0 Å². The summed E-state index contributed by atoms with van der Waals surface area (Å²) in [6, 6.07) is 1.64. The fourth-order valence-corrected chi connectivity index (χ4v) is 1.03. The van der Waals surface area contributed by atoms with E-state index in [-0.39, 0.29) is 6.03 Å². The zero-order valence-electron chi connectivity index (χ0n) is 5.79. The van der Waals surface area contributed by atoms with Gasteiger partial charge in [0.25, 0.3) is 0 Å². The molecule has 0 aliphatic carbocycles. The first-order valence-corrected chi connectivity index (χ1v) is 3.34. The predicted octanol–water partition coefficient (Wildman–Crippen LogP) is 0.717. The molecule has 4 heteroatoms. The van der Waals surface area contributed by atoms with Gasteiger partial charge in [-0.1, -0.05) is 0 Å². The van der Waals surface area contributed by atoms with Crippen molar-refractivity contribution in [2.45, 2.75) is 6.54 Å². The summed E-state index contributed by atoms with van der Waals surface area (Å²) in [6.07, 6.45) is 3.40. The Bertz CT molecular complexity index is 297. The van der Waals surface area contributed by atoms with Crippen LogP contribution in [0.25, 0.3) is 0 Å². The summed E-state index contributed by atoms with van der Waals surface area (Å²) >= 11 is 0. The second-order valence-electron chi connectivity index (χ2n) is 2.34. The molecule has 0 bridgehead atoms. The van der Waals surface area contributed by atoms with Gasteiger partial charge < -0.3 is 10.6 Å². The highest BCUT2D eigenvalue weighted by Gasteiger charge is 2.11. The van der Waals surface area contributed by atoms with Gasteiger partial charge in [-0.25, -0.2) is 4.79 Å². The third-order valence-electron chi connectivity index (χ3n) is 1.59. The van der Waals surface area contributed by atoms with Crippen molar-refractivity contribution in [2.75, 3.05) is 5.32 Å². The third kappa shape index (κ3) is 1.02. The molecule has 4 nitrogen and oxygen atoms in total. The molecule has 2 amide bonds. The number of nitrogens with zero attached hydrogens (tertiary/aromatic N) is 1. The van der Waals surface area contributed by atoms with Crippen molar-refractivity contribution in [1.82, 2.24) is 10.3 Å². The molecule has 2 heterocycles. The lowest BCUT2D eigenvalue weighted by molar-refractivity contribution is 0.251. The number of carbonyl (C=O) groups is 1. The normalized spacial score (nSPS) is 14.7. The van der Waals surface area contributed by atoms with Crippen LogP contribution in [0.5, 0.6) is 0 Å². The Hall–Kier alpha value is -1.58. The fourth-order valence-electron chi connectivity index (χ4n) is 1.03. The van der Waals surface area contributed by atoms with Gasteiger partial charge in [-0.2, -0.15) is 0 Å². The zero-order chi connectivity index (χ0) is 7.68. The molecular formula is C7H7N3O. The molecule has 2 N–H and O–H groups in total. The van der Waals surface area contributed by atoms with Gasteiger partial charge in [0, 0.05) is 24.5 Å². The molecule has 0 fully saturated rings. The molecule has 0 radical (unpaired) electrons. The summed E-state index contributed by atoms with van der Waals surface area (Å²) < 4.78 is 0. The number of anilines is 1. The number of carbonyl (C=O) groups excluding carboxylic acids is 1. The number of amides is 2. The summed E-state index contributed by atoms with van der Waals surface area (Å²) in [5.41, 5.74) is 1.87. The van der Waals surface area contributed by atoms with Crippen LogP contribution in [0, 0.1) is 0 Å². The van der Waals surface area contributed by atoms with Gasteiger partial charge in [-0.05, 0) is 6.07 Å². The second-order valence-corrected chi connectivity index (χ2v) is 2.34. The molecule has 0 unspecified atom stereocenters. The van der Waals surface area contributed by atoms with Gasteiger partial charge in [-0.3, -0.25) is 4.98 Å². The van der Waals surface area contributed by atoms with Crippen molar-refractivity contribution in [2.24, 2.45) is 0 Å². The van der Waals surface area contributed by atoms with Crippen LogP contribution >= 0.6 is 0 Å². The number of nitrogens with one attached hydrogen (secondary N) is 2. The average Bonchev–Trinajstić information content (AvgIpc) is 2.04. The van der Waals surface area contributed by atoms with E-state index in [9.17, 15) is 4.79 Å². The maximum Gasteiger partial charge on any atom is 0.319 e. The maximum absolute atomic E-state index is 10.8. The summed E-state index contributed by atoms with van der Waals surface area (Å²) in [4.78, 5) is 14.7. The van der Waals surface area contributed by atoms with Crippen molar-refractivity contribution in [1.29, 1.82) is 0 Å². The number of hydrogen-bond donors (Lipinski definition) is 2. The zero-order valence-corrected chi connectivity index (χ0v) is 5.79. The van der Waals surface area contributed by atoms with Crippen LogP contribution in [0.1, 0.15) is 5.56 Å². The molecule has 1 aromatic rings. The molecular weight excluding hydrogens is 142 g/mol. The largest absolute Gasteiger partial charge is 0.334 e. The van der Waals surface area contributed by atoms with Crippen molar-refractivity contribution in [3.63, 3.8) is 0 Å². The monoisotopic (exact) mass is 149 g/mol. The highest BCUT2D eigenvalue weighted by Crippen LogP contribution is 2.15. The lowest BCUT2D eigenvalue weighted by Gasteiger charge is -2.16. The number of pyridine rings is 1. The van der Waals surface area contributed by atoms with E-state index in [2.05, 4.69) is 15.6 Å². The Balaban J connectivity index is 2.41. The smallest absolute Gasteiger partial charge is 0.319 e. The number of aromatic nitrogens is 1. The number of hydrogen-bond acceptors (Lipinski definition) is 2. The lowest BCUT2D eigenvalue weighted by atomic mass is 10.2. The van der Waals surface area contributed by atoms with Gasteiger partial charge >= 0.3 is 6.03 Å². The van der Waals surface area contributed by atoms with Crippen LogP contribution < -0.4 is 10.6 Å². The Morgan fingerprint density at radius 1 is 1.55 bits per heavy atom. The van der Waals surface area contributed by atoms with Gasteiger partial charge in [0.05, 0.1) is 5.69 Å². The molecule has 0 aromatic carbocycles. The van der Waals surface area contributed by atoms with Crippen LogP contribution in [0.2, 0.25) is 0 Å². The fraction of sp³-hybridized carbons (Fsp3) is 0.143. The minimum absolute atomic E-state index is 0.149. The van der Waals surface area contributed by atoms with E-state index in [1.807, 2.05) is 0 Å². The highest BCUT2D eigenvalue weighted by atomic mass is 16.2. The molecule has 0 spiro atoms. The Morgan fingerprint density at radius 2 is 2.45 bits per heavy atom. The summed E-state index contributed by atoms with van der Waals surface area (Å²) in [5, 5.41) is 5.32. The number of fused-ring (bicyclic) bond motifs is 1. The third-order valence-corrected chi connectivity index (χ3v) is 1.59. The van der Waals surface area contributed by atoms with Gasteiger partial charge in [0.2, 0.25) is 0 Å². The Kier molecular flexibility index (Phi) is 1.25. The first-order chi connectivity index (χ1) is 5.36. The maximum atomic E-state index is 10.8. The van der Waals surface area contributed by atoms with Crippen LogP contribution in [-0.2, 0) is 6.54 Å². The van der Waals surface area contributed by atoms with Crippen molar-refractivity contribution in [3.8, 4) is 0 Å². The van der Waals surface area contributed by atoms with Gasteiger partial charge in [0.15, 0.2) is 0 Å². The van der Waals surface area contributed by atoms with E-state index >= 15 is 0 Å². The SMILES string of the molecule is O=C1NCc2cnccc2N1. The van der Waals surface area contributed by atoms with Crippen LogP contribution in [0.3, 0.4) is 0 Å². The lowest BCUT2D eigenvalue weighted by Crippen LogP contribution is -2.33. The summed E-state index contributed by atoms with van der Waals surface area (Å²) in [5.74, 6) is 0. The Morgan fingerprint density at radius 3 is 3.36 bits per heavy atom. The number of urea groups is 1. The van der Waals surface area contributed by atoms with E-state index < -0.39 is 0 Å². The molecule has 0 atom stereocenters. The molecule has 1 aliphatic heterocycles. The molecule has 56 valence electrons. The van der Waals surface area contributed by atoms with E-state index in [0.29, 0.717) is 6.54 Å². The van der Waals surface area contributed by atoms with Crippen LogP contribution in [0.15, 0.2) is 18.5 Å². The molecule has 1 aliphatic rings. The molecule has 0 saturated carbocycles. The summed E-state index contributed by atoms with van der Waals surface area (Å²) in [6.45, 7) is 0.564. The molecule has 11 heavy (non-hydrogen) atoms. The van der Waals surface area contributed by atoms with Gasteiger partial charge in [-0.15, -0.1) is 0 Å². The predicted molar refractivity (Wildman–Crippen MR) is 40.1 cm³/mol. The Labute approximate surface area is 63.6 Å². The first kappa shape index (κ1) is 6.15. The molecule has 0 saturated heterocycles. The van der Waals surface area contributed by atoms with Gasteiger partial charge in [0.1, 0.15) is 0 Å². The quantitative estimate of drug-likeness (QED) is 0.571. The standard InChI is InChI=1S/C7H7N3O/c11-7-9-4-5-3-8-2-1-6(5)10-7/h1-3H,4H2,(H2,9,10,11). The van der Waals surface area contributed by atoms with E-state index in [1.54, 1.807) is 18.5 Å². The minimum atomic E-state index is -0.149. The minimum Gasteiger partial charge on any atom is -0.334 e. The van der Waals surface area contributed by atoms with Crippen molar-refractivity contribution in [3.05, 3.63) is 24.0 Å². The van der Waals surface area contributed by atoms with Crippen molar-refractivity contribution < 1.29 is 4.79 Å². The topological polar surface area (TPSA) is 54.0 Å². The van der Waals surface area contributed by atoms with Crippen molar-refractivity contribution >= 4 is 11.7 Å². The second kappa shape index (κ2) is 2.23.